The van der Waals surface area contributed by atoms with Crippen LogP contribution in [-0.2, 0) is 22.8 Å². The number of esters is 1. The number of hydrogen-bond donors (Lipinski definition) is 0. The largest absolute Gasteiger partial charge is 0.501 e. The number of rotatable bonds is 6. The Morgan fingerprint density at radius 3 is 2.79 bits per heavy atom. The fourth-order valence-electron chi connectivity index (χ4n) is 2.35. The van der Waals surface area contributed by atoms with Crippen molar-refractivity contribution in [3.63, 3.8) is 0 Å². The van der Waals surface area contributed by atoms with E-state index in [1.807, 2.05) is 20.8 Å². The Hall–Kier alpha value is -0.693. The van der Waals surface area contributed by atoms with Crippen LogP contribution in [0.4, 0.5) is 0 Å². The van der Waals surface area contributed by atoms with Crippen LogP contribution in [0.1, 0.15) is 33.6 Å². The summed E-state index contributed by atoms with van der Waals surface area (Å²) in [6, 6.07) is 0.641. The van der Waals surface area contributed by atoms with Crippen LogP contribution in [-0.4, -0.2) is 40.2 Å². The molecular formula is C13H24O5Si. The molecule has 110 valence electrons. The summed E-state index contributed by atoms with van der Waals surface area (Å²) in [6.07, 6.45) is 2.77. The fraction of sp³-hybridized carbons (Fsp3) is 0.769. The van der Waals surface area contributed by atoms with E-state index in [1.165, 1.54) is 0 Å². The van der Waals surface area contributed by atoms with Gasteiger partial charge in [-0.15, -0.1) is 0 Å². The molecule has 1 aliphatic rings. The standard InChI is InChI=1S/C13H24O5Si/c1-6-12(14)16-8-7-9-19(15-5)17-11(2)10-13(3,4)18-19/h6,11H,1,7-10H2,2-5H3. The fourth-order valence-corrected chi connectivity index (χ4v) is 5.20. The molecular weight excluding hydrogens is 264 g/mol. The van der Waals surface area contributed by atoms with Crippen LogP contribution in [0.5, 0.6) is 0 Å². The van der Waals surface area contributed by atoms with Gasteiger partial charge in [-0.05, 0) is 33.6 Å². The molecule has 0 aromatic heterocycles. The Balaban J connectivity index is 2.51. The minimum Gasteiger partial charge on any atom is -0.463 e. The number of carbonyl (C=O) groups is 1. The summed E-state index contributed by atoms with van der Waals surface area (Å²) in [5.74, 6) is -0.410. The van der Waals surface area contributed by atoms with Crippen LogP contribution in [0, 0.1) is 0 Å². The zero-order valence-electron chi connectivity index (χ0n) is 12.2. The van der Waals surface area contributed by atoms with E-state index in [0.717, 1.165) is 12.5 Å². The third-order valence-corrected chi connectivity index (χ3v) is 6.15. The molecule has 1 rings (SSSR count). The first-order valence-corrected chi connectivity index (χ1v) is 8.48. The Bertz CT molecular complexity index is 331. The number of carbonyl (C=O) groups excluding carboxylic acids is 1. The molecule has 2 atom stereocenters. The van der Waals surface area contributed by atoms with Gasteiger partial charge in [-0.3, -0.25) is 0 Å². The summed E-state index contributed by atoms with van der Waals surface area (Å²) in [4.78, 5) is 10.9. The van der Waals surface area contributed by atoms with Gasteiger partial charge in [0.15, 0.2) is 0 Å². The van der Waals surface area contributed by atoms with Gasteiger partial charge in [0.1, 0.15) is 0 Å². The van der Waals surface area contributed by atoms with Gasteiger partial charge < -0.3 is 18.0 Å². The van der Waals surface area contributed by atoms with Crippen molar-refractivity contribution < 1.29 is 22.8 Å². The summed E-state index contributed by atoms with van der Waals surface area (Å²) in [7, 11) is -1.03. The molecule has 1 saturated heterocycles. The van der Waals surface area contributed by atoms with Crippen molar-refractivity contribution in [3.8, 4) is 0 Å². The van der Waals surface area contributed by atoms with Crippen molar-refractivity contribution in [2.45, 2.75) is 51.4 Å². The summed E-state index contributed by atoms with van der Waals surface area (Å²) in [5.41, 5.74) is -0.238. The highest BCUT2D eigenvalue weighted by molar-refractivity contribution is 6.61. The highest BCUT2D eigenvalue weighted by atomic mass is 28.4. The van der Waals surface area contributed by atoms with Gasteiger partial charge in [0, 0.05) is 25.3 Å². The normalized spacial score (nSPS) is 29.8. The molecule has 0 N–H and O–H groups in total. The summed E-state index contributed by atoms with van der Waals surface area (Å²) < 4.78 is 22.5. The Kier molecular flexibility index (Phi) is 5.73. The van der Waals surface area contributed by atoms with E-state index in [4.69, 9.17) is 18.0 Å². The van der Waals surface area contributed by atoms with Crippen molar-refractivity contribution in [3.05, 3.63) is 12.7 Å². The lowest BCUT2D eigenvalue weighted by Gasteiger charge is -2.44. The quantitative estimate of drug-likeness (QED) is 0.325. The van der Waals surface area contributed by atoms with E-state index >= 15 is 0 Å². The van der Waals surface area contributed by atoms with Crippen molar-refractivity contribution in [2.24, 2.45) is 0 Å². The van der Waals surface area contributed by atoms with Gasteiger partial charge in [-0.25, -0.2) is 4.79 Å². The van der Waals surface area contributed by atoms with E-state index in [-0.39, 0.29) is 11.7 Å². The molecule has 5 nitrogen and oxygen atoms in total. The minimum atomic E-state index is -2.65. The predicted octanol–water partition coefficient (Wildman–Crippen LogP) is 2.29. The highest BCUT2D eigenvalue weighted by Gasteiger charge is 2.50. The van der Waals surface area contributed by atoms with Gasteiger partial charge in [-0.2, -0.15) is 0 Å². The van der Waals surface area contributed by atoms with Crippen molar-refractivity contribution in [1.82, 2.24) is 0 Å². The summed E-state index contributed by atoms with van der Waals surface area (Å²) in [6.45, 7) is 9.79. The summed E-state index contributed by atoms with van der Waals surface area (Å²) >= 11 is 0. The van der Waals surface area contributed by atoms with Crippen LogP contribution in [0.15, 0.2) is 12.7 Å². The molecule has 0 amide bonds. The highest BCUT2D eigenvalue weighted by Crippen LogP contribution is 2.34. The number of ether oxygens (including phenoxy) is 1. The Morgan fingerprint density at radius 1 is 1.58 bits per heavy atom. The second-order valence-corrected chi connectivity index (χ2v) is 8.07. The average molecular weight is 288 g/mol. The topological polar surface area (TPSA) is 54.0 Å². The lowest BCUT2D eigenvalue weighted by Crippen LogP contribution is -2.57. The molecule has 1 heterocycles. The summed E-state index contributed by atoms with van der Waals surface area (Å²) in [5, 5.41) is 0. The third-order valence-electron chi connectivity index (χ3n) is 2.94. The minimum absolute atomic E-state index is 0.117. The van der Waals surface area contributed by atoms with Crippen LogP contribution < -0.4 is 0 Å². The molecule has 0 aromatic rings. The first-order valence-electron chi connectivity index (χ1n) is 6.55. The maximum Gasteiger partial charge on any atom is 0.501 e. The molecule has 0 aromatic carbocycles. The monoisotopic (exact) mass is 288 g/mol. The molecule has 6 heteroatoms. The zero-order chi connectivity index (χ0) is 14.5. The van der Waals surface area contributed by atoms with Gasteiger partial charge in [0.2, 0.25) is 0 Å². The number of hydrogen-bond acceptors (Lipinski definition) is 5. The van der Waals surface area contributed by atoms with Crippen LogP contribution in [0.25, 0.3) is 0 Å². The molecule has 1 aliphatic heterocycles. The maximum atomic E-state index is 10.9. The van der Waals surface area contributed by atoms with E-state index < -0.39 is 14.8 Å². The van der Waals surface area contributed by atoms with Crippen molar-refractivity contribution in [1.29, 1.82) is 0 Å². The SMILES string of the molecule is C=CC(=O)OCCC[Si]1(OC)OC(C)CC(C)(C)O1. The lowest BCUT2D eigenvalue weighted by atomic mass is 10.0. The van der Waals surface area contributed by atoms with E-state index in [9.17, 15) is 4.79 Å². The molecule has 0 saturated carbocycles. The maximum absolute atomic E-state index is 10.9. The van der Waals surface area contributed by atoms with Crippen LogP contribution in [0.2, 0.25) is 6.04 Å². The van der Waals surface area contributed by atoms with E-state index in [0.29, 0.717) is 19.1 Å². The van der Waals surface area contributed by atoms with Crippen LogP contribution in [0.3, 0.4) is 0 Å². The first-order chi connectivity index (χ1) is 8.82. The molecule has 0 radical (unpaired) electrons. The average Bonchev–Trinajstić information content (AvgIpc) is 2.32. The van der Waals surface area contributed by atoms with Gasteiger partial charge in [-0.1, -0.05) is 6.58 Å². The second-order valence-electron chi connectivity index (χ2n) is 5.36. The van der Waals surface area contributed by atoms with Gasteiger partial charge >= 0.3 is 14.8 Å². The third kappa shape index (κ3) is 5.06. The Labute approximate surface area is 116 Å². The smallest absolute Gasteiger partial charge is 0.463 e. The second kappa shape index (κ2) is 6.65. The van der Waals surface area contributed by atoms with Crippen molar-refractivity contribution >= 4 is 14.8 Å². The molecule has 0 bridgehead atoms. The van der Waals surface area contributed by atoms with Crippen LogP contribution >= 0.6 is 0 Å². The van der Waals surface area contributed by atoms with Crippen molar-refractivity contribution in [2.75, 3.05) is 13.7 Å². The van der Waals surface area contributed by atoms with E-state index in [1.54, 1.807) is 7.11 Å². The molecule has 0 aliphatic carbocycles. The van der Waals surface area contributed by atoms with Gasteiger partial charge in [0.05, 0.1) is 12.2 Å². The molecule has 2 unspecified atom stereocenters. The van der Waals surface area contributed by atoms with E-state index in [2.05, 4.69) is 6.58 Å². The Morgan fingerprint density at radius 2 is 2.26 bits per heavy atom. The molecule has 0 spiro atoms. The first kappa shape index (κ1) is 16.4. The van der Waals surface area contributed by atoms with Gasteiger partial charge in [0.25, 0.3) is 0 Å². The molecule has 19 heavy (non-hydrogen) atoms. The lowest BCUT2D eigenvalue weighted by molar-refractivity contribution is -0.138. The molecule has 1 fully saturated rings. The predicted molar refractivity (Wildman–Crippen MR) is 73.7 cm³/mol. The zero-order valence-corrected chi connectivity index (χ0v) is 13.2.